The highest BCUT2D eigenvalue weighted by Gasteiger charge is 2.37. The van der Waals surface area contributed by atoms with Gasteiger partial charge in [0.15, 0.2) is 0 Å². The van der Waals surface area contributed by atoms with Crippen molar-refractivity contribution in [2.24, 2.45) is 0 Å². The fourth-order valence-electron chi connectivity index (χ4n) is 3.95. The zero-order valence-corrected chi connectivity index (χ0v) is 19.2. The van der Waals surface area contributed by atoms with Crippen molar-refractivity contribution in [3.63, 3.8) is 0 Å². The number of amides is 1. The number of ether oxygens (including phenoxy) is 2. The summed E-state index contributed by atoms with van der Waals surface area (Å²) in [6, 6.07) is 5.53. The minimum absolute atomic E-state index is 0.0482. The van der Waals surface area contributed by atoms with Crippen molar-refractivity contribution in [1.29, 1.82) is 0 Å². The first-order chi connectivity index (χ1) is 16.1. The molecule has 0 spiro atoms. The van der Waals surface area contributed by atoms with Crippen LogP contribution in [0.1, 0.15) is 47.6 Å². The van der Waals surface area contributed by atoms with Gasteiger partial charge >= 0.3 is 6.18 Å². The van der Waals surface area contributed by atoms with Crippen molar-refractivity contribution in [1.82, 2.24) is 19.6 Å². The Balaban J connectivity index is 1.45. The number of alkyl halides is 3. The van der Waals surface area contributed by atoms with Crippen LogP contribution in [0.2, 0.25) is 0 Å². The number of nitrogens with zero attached hydrogens (tertiary/aromatic N) is 4. The Morgan fingerprint density at radius 1 is 1.26 bits per heavy atom. The summed E-state index contributed by atoms with van der Waals surface area (Å²) in [5.41, 5.74) is 3.18. The number of carbonyl (C=O) groups excluding carboxylic acids is 1. The number of hydrogen-bond donors (Lipinski definition) is 1. The maximum Gasteiger partial charge on any atom is 0.453 e. The van der Waals surface area contributed by atoms with E-state index in [1.54, 1.807) is 19.9 Å². The summed E-state index contributed by atoms with van der Waals surface area (Å²) in [7, 11) is 0. The van der Waals surface area contributed by atoms with Crippen LogP contribution in [0.3, 0.4) is 0 Å². The van der Waals surface area contributed by atoms with Crippen LogP contribution >= 0.6 is 0 Å². The van der Waals surface area contributed by atoms with Crippen molar-refractivity contribution >= 4 is 17.4 Å². The van der Waals surface area contributed by atoms with Gasteiger partial charge in [0.2, 0.25) is 5.91 Å². The summed E-state index contributed by atoms with van der Waals surface area (Å²) < 4.78 is 51.5. The molecule has 1 unspecified atom stereocenters. The molecule has 11 heteroatoms. The number of halogens is 3. The molecular formula is C23H26F3N5O3. The van der Waals surface area contributed by atoms with E-state index in [1.807, 2.05) is 19.1 Å². The second-order valence-electron chi connectivity index (χ2n) is 8.40. The van der Waals surface area contributed by atoms with Gasteiger partial charge in [-0.25, -0.2) is 9.50 Å². The van der Waals surface area contributed by atoms with Crippen molar-refractivity contribution in [2.45, 2.75) is 58.7 Å². The van der Waals surface area contributed by atoms with Crippen molar-refractivity contribution < 1.29 is 27.4 Å². The fourth-order valence-corrected chi connectivity index (χ4v) is 3.95. The third-order valence-corrected chi connectivity index (χ3v) is 5.76. The number of nitrogens with one attached hydrogen (secondary N) is 1. The Morgan fingerprint density at radius 2 is 2.06 bits per heavy atom. The van der Waals surface area contributed by atoms with Gasteiger partial charge in [-0.05, 0) is 63.3 Å². The van der Waals surface area contributed by atoms with Gasteiger partial charge in [0.1, 0.15) is 12.4 Å². The van der Waals surface area contributed by atoms with Crippen molar-refractivity contribution in [2.75, 3.05) is 18.5 Å². The molecule has 1 fully saturated rings. The van der Waals surface area contributed by atoms with Gasteiger partial charge in [0, 0.05) is 24.4 Å². The van der Waals surface area contributed by atoms with Gasteiger partial charge in [0.25, 0.3) is 11.6 Å². The zero-order chi connectivity index (χ0) is 24.5. The number of anilines is 1. The molecule has 0 radical (unpaired) electrons. The Hall–Kier alpha value is -3.21. The molecule has 0 saturated carbocycles. The second-order valence-corrected chi connectivity index (χ2v) is 8.40. The monoisotopic (exact) mass is 477 g/mol. The third kappa shape index (κ3) is 5.30. The summed E-state index contributed by atoms with van der Waals surface area (Å²) in [6.45, 7) is 6.40. The lowest BCUT2D eigenvalue weighted by Gasteiger charge is -2.16. The normalized spacial score (nSPS) is 16.2. The Labute approximate surface area is 194 Å². The highest BCUT2D eigenvalue weighted by molar-refractivity contribution is 5.92. The molecule has 0 aliphatic carbocycles. The molecule has 3 aromatic rings. The topological polar surface area (TPSA) is 90.6 Å². The van der Waals surface area contributed by atoms with Crippen LogP contribution in [0.15, 0.2) is 18.2 Å². The average Bonchev–Trinajstić information content (AvgIpc) is 3.43. The van der Waals surface area contributed by atoms with E-state index in [2.05, 4.69) is 20.4 Å². The van der Waals surface area contributed by atoms with Crippen molar-refractivity contribution in [3.05, 3.63) is 46.5 Å². The van der Waals surface area contributed by atoms with Gasteiger partial charge in [0.05, 0.1) is 11.8 Å². The number of rotatable bonds is 7. The first-order valence-electron chi connectivity index (χ1n) is 11.1. The standard InChI is InChI=1S/C23H26F3N5O3/c1-13-6-8-18(19(11-13)34-12-16-5-4-10-33-16)28-20(32)9-7-17-14(2)27-22-29-21(23(24,25)26)30-31(22)15(17)3/h6,8,11,16H,4-5,7,9-10,12H2,1-3H3,(H,28,32). The summed E-state index contributed by atoms with van der Waals surface area (Å²) in [5.74, 6) is -1.05. The Bertz CT molecular complexity index is 1200. The smallest absolute Gasteiger partial charge is 0.453 e. The van der Waals surface area contributed by atoms with E-state index in [0.717, 1.165) is 29.5 Å². The molecule has 2 aromatic heterocycles. The van der Waals surface area contributed by atoms with E-state index in [9.17, 15) is 18.0 Å². The lowest BCUT2D eigenvalue weighted by molar-refractivity contribution is -0.144. The molecule has 1 aromatic carbocycles. The second kappa shape index (κ2) is 9.57. The van der Waals surface area contributed by atoms with E-state index >= 15 is 0 Å². The number of fused-ring (bicyclic) bond motifs is 1. The lowest BCUT2D eigenvalue weighted by Crippen LogP contribution is -2.18. The number of benzene rings is 1. The Morgan fingerprint density at radius 3 is 2.76 bits per heavy atom. The maximum atomic E-state index is 13.0. The summed E-state index contributed by atoms with van der Waals surface area (Å²) in [4.78, 5) is 20.3. The van der Waals surface area contributed by atoms with E-state index in [4.69, 9.17) is 9.47 Å². The first-order valence-corrected chi connectivity index (χ1v) is 11.1. The Kier molecular flexibility index (Phi) is 6.74. The van der Waals surface area contributed by atoms with Gasteiger partial charge in [-0.3, -0.25) is 4.79 Å². The molecule has 34 heavy (non-hydrogen) atoms. The average molecular weight is 477 g/mol. The van der Waals surface area contributed by atoms with Crippen LogP contribution < -0.4 is 10.1 Å². The van der Waals surface area contributed by atoms with Crippen LogP contribution in [0.5, 0.6) is 5.75 Å². The van der Waals surface area contributed by atoms with Crippen LogP contribution in [-0.2, 0) is 22.1 Å². The first kappa shape index (κ1) is 23.9. The van der Waals surface area contributed by atoms with Gasteiger partial charge in [-0.2, -0.15) is 18.2 Å². The van der Waals surface area contributed by atoms with Gasteiger partial charge in [-0.1, -0.05) is 6.07 Å². The number of aryl methyl sites for hydroxylation is 3. The van der Waals surface area contributed by atoms with Gasteiger partial charge < -0.3 is 14.8 Å². The SMILES string of the molecule is Cc1ccc(NC(=O)CCc2c(C)nc3nc(C(F)(F)F)nn3c2C)c(OCC2CCCO2)c1. The minimum Gasteiger partial charge on any atom is -0.489 e. The van der Waals surface area contributed by atoms with Crippen LogP contribution in [0, 0.1) is 20.8 Å². The van der Waals surface area contributed by atoms with E-state index in [-0.39, 0.29) is 30.6 Å². The molecule has 4 rings (SSSR count). The molecule has 1 saturated heterocycles. The largest absolute Gasteiger partial charge is 0.489 e. The molecule has 1 amide bonds. The predicted molar refractivity (Wildman–Crippen MR) is 118 cm³/mol. The minimum atomic E-state index is -4.66. The summed E-state index contributed by atoms with van der Waals surface area (Å²) >= 11 is 0. The number of carbonyl (C=O) groups is 1. The highest BCUT2D eigenvalue weighted by Crippen LogP contribution is 2.29. The molecule has 1 atom stereocenters. The third-order valence-electron chi connectivity index (χ3n) is 5.76. The summed E-state index contributed by atoms with van der Waals surface area (Å²) in [6.07, 6.45) is -2.27. The van der Waals surface area contributed by atoms with E-state index in [1.165, 1.54) is 0 Å². The summed E-state index contributed by atoms with van der Waals surface area (Å²) in [5, 5.41) is 6.42. The fraction of sp³-hybridized carbons (Fsp3) is 0.478. The molecule has 1 N–H and O–H groups in total. The number of aromatic nitrogens is 4. The molecule has 182 valence electrons. The lowest BCUT2D eigenvalue weighted by atomic mass is 10.1. The quantitative estimate of drug-likeness (QED) is 0.549. The van der Waals surface area contributed by atoms with Gasteiger partial charge in [-0.15, -0.1) is 5.10 Å². The van der Waals surface area contributed by atoms with E-state index in [0.29, 0.717) is 35.0 Å². The zero-order valence-electron chi connectivity index (χ0n) is 19.2. The molecule has 1 aliphatic rings. The van der Waals surface area contributed by atoms with Crippen LogP contribution in [0.25, 0.3) is 5.78 Å². The van der Waals surface area contributed by atoms with Crippen LogP contribution in [0.4, 0.5) is 18.9 Å². The van der Waals surface area contributed by atoms with E-state index < -0.39 is 12.0 Å². The predicted octanol–water partition coefficient (Wildman–Crippen LogP) is 4.20. The number of hydrogen-bond acceptors (Lipinski definition) is 6. The molecule has 3 heterocycles. The molecule has 1 aliphatic heterocycles. The molecule has 0 bridgehead atoms. The maximum absolute atomic E-state index is 13.0. The van der Waals surface area contributed by atoms with Crippen molar-refractivity contribution in [3.8, 4) is 5.75 Å². The highest BCUT2D eigenvalue weighted by atomic mass is 19.4. The molecule has 8 nitrogen and oxygen atoms in total. The molecular weight excluding hydrogens is 451 g/mol. The van der Waals surface area contributed by atoms with Crippen LogP contribution in [-0.4, -0.2) is 44.8 Å².